The molecular weight excluding hydrogens is 1310 g/mol. The number of hydrogen-bond donors (Lipinski definition) is 3. The Morgan fingerprint density at radius 3 is 0.810 bits per heavy atom. The molecule has 5 unspecified atom stereocenters. The van der Waals surface area contributed by atoms with Crippen LogP contribution in [0.15, 0.2) is 72.9 Å². The van der Waals surface area contributed by atoms with E-state index in [-0.39, 0.29) is 25.7 Å². The number of phosphoric ester groups is 2. The van der Waals surface area contributed by atoms with E-state index in [2.05, 4.69) is 101 Å². The molecule has 19 heteroatoms. The highest BCUT2D eigenvalue weighted by atomic mass is 31.2. The molecule has 0 aliphatic carbocycles. The van der Waals surface area contributed by atoms with Gasteiger partial charge in [0, 0.05) is 25.7 Å². The van der Waals surface area contributed by atoms with Crippen LogP contribution in [-0.2, 0) is 65.4 Å². The second-order valence-corrected chi connectivity index (χ2v) is 29.9. The first-order valence-electron chi connectivity index (χ1n) is 40.2. The van der Waals surface area contributed by atoms with Crippen LogP contribution in [0, 0.1) is 0 Å². The summed E-state index contributed by atoms with van der Waals surface area (Å²) in [4.78, 5) is 72.9. The lowest BCUT2D eigenvalue weighted by Gasteiger charge is -2.21. The number of carbonyl (C=O) groups excluding carboxylic acids is 4. The summed E-state index contributed by atoms with van der Waals surface area (Å²) < 4.78 is 68.5. The Hall–Kier alpha value is -3.50. The molecule has 0 saturated carbocycles. The van der Waals surface area contributed by atoms with Crippen LogP contribution in [0.3, 0.4) is 0 Å². The van der Waals surface area contributed by atoms with Crippen LogP contribution in [0.4, 0.5) is 0 Å². The van der Waals surface area contributed by atoms with Crippen molar-refractivity contribution >= 4 is 39.5 Å². The molecule has 0 aliphatic rings. The number of hydrogen-bond acceptors (Lipinski definition) is 15. The quantitative estimate of drug-likeness (QED) is 0.0169. The highest BCUT2D eigenvalue weighted by molar-refractivity contribution is 7.47. The Bertz CT molecular complexity index is 2180. The summed E-state index contributed by atoms with van der Waals surface area (Å²) >= 11 is 0. The molecule has 0 amide bonds. The van der Waals surface area contributed by atoms with Gasteiger partial charge in [-0.3, -0.25) is 37.3 Å². The molecule has 0 aromatic rings. The minimum absolute atomic E-state index is 0.0833. The monoisotopic (exact) mass is 1450 g/mol. The van der Waals surface area contributed by atoms with Crippen molar-refractivity contribution in [1.29, 1.82) is 0 Å². The third kappa shape index (κ3) is 72.8. The van der Waals surface area contributed by atoms with Crippen molar-refractivity contribution < 1.29 is 80.2 Å². The number of rotatable bonds is 76. The van der Waals surface area contributed by atoms with Crippen LogP contribution in [0.25, 0.3) is 0 Å². The van der Waals surface area contributed by atoms with E-state index in [1.165, 1.54) is 109 Å². The van der Waals surface area contributed by atoms with Gasteiger partial charge in [-0.25, -0.2) is 9.13 Å². The summed E-state index contributed by atoms with van der Waals surface area (Å²) in [7, 11) is -9.95. The Morgan fingerprint density at radius 2 is 0.500 bits per heavy atom. The minimum atomic E-state index is -4.98. The highest BCUT2D eigenvalue weighted by Gasteiger charge is 2.30. The standard InChI is InChI=1S/C81H146O17P2/c1-5-9-13-17-21-25-29-32-35-36-37-38-41-43-47-50-54-58-62-66-79(84)91-71-76(97-80(85)67-63-59-55-51-45-28-24-20-16-12-8-4)73-95-99(87,88)93-69-75(82)70-94-100(89,90)96-74-77(98-81(86)68-64-60-56-52-48-44-40-34-31-27-23-19-15-11-7-3)72-92-78(83)65-61-57-53-49-46-42-39-33-30-26-22-18-14-10-6-2/h20-21,24-25,32-35,37-40,75-77,82H,5-19,22-23,26-31,36,41-74H2,1-4H3,(H,87,88)(H,89,90)/b24-20-,25-21-,35-32-,38-37-,39-33-,40-34-. The summed E-state index contributed by atoms with van der Waals surface area (Å²) in [6, 6.07) is 0. The Morgan fingerprint density at radius 1 is 0.280 bits per heavy atom. The summed E-state index contributed by atoms with van der Waals surface area (Å²) in [6.45, 7) is 4.81. The molecule has 100 heavy (non-hydrogen) atoms. The Kier molecular flexibility index (Phi) is 71.2. The first-order valence-corrected chi connectivity index (χ1v) is 43.2. The zero-order valence-electron chi connectivity index (χ0n) is 63.6. The molecule has 0 saturated heterocycles. The first-order chi connectivity index (χ1) is 48.7. The molecule has 582 valence electrons. The molecule has 0 spiro atoms. The van der Waals surface area contributed by atoms with Crippen LogP contribution >= 0.6 is 15.6 Å². The fraction of sp³-hybridized carbons (Fsp3) is 0.802. The molecule has 0 rings (SSSR count). The molecule has 0 aliphatic heterocycles. The van der Waals surface area contributed by atoms with Gasteiger partial charge in [-0.1, -0.05) is 274 Å². The van der Waals surface area contributed by atoms with Gasteiger partial charge in [-0.2, -0.15) is 0 Å². The average molecular weight is 1450 g/mol. The van der Waals surface area contributed by atoms with E-state index in [1.54, 1.807) is 0 Å². The van der Waals surface area contributed by atoms with Crippen LogP contribution < -0.4 is 0 Å². The molecule has 0 aromatic carbocycles. The number of carbonyl (C=O) groups is 4. The summed E-state index contributed by atoms with van der Waals surface area (Å²) in [5.74, 6) is -2.19. The highest BCUT2D eigenvalue weighted by Crippen LogP contribution is 2.45. The summed E-state index contributed by atoms with van der Waals surface area (Å²) in [6.07, 6.45) is 74.5. The van der Waals surface area contributed by atoms with Crippen molar-refractivity contribution in [3.8, 4) is 0 Å². The van der Waals surface area contributed by atoms with E-state index < -0.39 is 97.5 Å². The number of unbranched alkanes of at least 4 members (excludes halogenated alkanes) is 38. The molecule has 17 nitrogen and oxygen atoms in total. The van der Waals surface area contributed by atoms with E-state index in [1.807, 2.05) is 0 Å². The van der Waals surface area contributed by atoms with Gasteiger partial charge in [0.05, 0.1) is 26.4 Å². The Balaban J connectivity index is 5.31. The van der Waals surface area contributed by atoms with Crippen molar-refractivity contribution in [3.63, 3.8) is 0 Å². The lowest BCUT2D eigenvalue weighted by molar-refractivity contribution is -0.161. The van der Waals surface area contributed by atoms with Crippen LogP contribution in [0.1, 0.15) is 362 Å². The molecule has 0 radical (unpaired) electrons. The van der Waals surface area contributed by atoms with Crippen LogP contribution in [0.5, 0.6) is 0 Å². The zero-order chi connectivity index (χ0) is 73.2. The maximum Gasteiger partial charge on any atom is 0.472 e. The van der Waals surface area contributed by atoms with Crippen molar-refractivity contribution in [2.24, 2.45) is 0 Å². The van der Waals surface area contributed by atoms with Gasteiger partial charge < -0.3 is 33.8 Å². The fourth-order valence-corrected chi connectivity index (χ4v) is 12.5. The van der Waals surface area contributed by atoms with Gasteiger partial charge in [-0.15, -0.1) is 0 Å². The second kappa shape index (κ2) is 73.8. The lowest BCUT2D eigenvalue weighted by Crippen LogP contribution is -2.30. The maximum atomic E-state index is 13.1. The molecule has 0 fully saturated rings. The van der Waals surface area contributed by atoms with Gasteiger partial charge in [-0.05, 0) is 135 Å². The SMILES string of the molecule is CCCC/C=C\CCCCCCCC(=O)OC(COC(=O)CCCCCCCC/C=C\C/C=C\C/C=C\CCCCC)COP(=O)(O)OCC(O)COP(=O)(O)OCC(COC(=O)CCCCCCC/C=C\CCCCCCCC)OC(=O)CCCCCCC/C=C\CCCCCCCC. The predicted molar refractivity (Wildman–Crippen MR) is 409 cm³/mol. The Labute approximate surface area is 609 Å². The molecule has 3 N–H and O–H groups in total. The smallest absolute Gasteiger partial charge is 0.462 e. The van der Waals surface area contributed by atoms with Crippen molar-refractivity contribution in [3.05, 3.63) is 72.9 Å². The number of esters is 4. The molecule has 0 aromatic heterocycles. The van der Waals surface area contributed by atoms with E-state index in [0.29, 0.717) is 25.7 Å². The number of allylic oxidation sites excluding steroid dienone is 12. The number of aliphatic hydroxyl groups excluding tert-OH is 1. The molecule has 5 atom stereocenters. The summed E-state index contributed by atoms with van der Waals surface area (Å²) in [5, 5.41) is 10.6. The van der Waals surface area contributed by atoms with E-state index >= 15 is 0 Å². The van der Waals surface area contributed by atoms with Crippen molar-refractivity contribution in [2.45, 2.75) is 380 Å². The van der Waals surface area contributed by atoms with E-state index in [4.69, 9.17) is 37.0 Å². The summed E-state index contributed by atoms with van der Waals surface area (Å²) in [5.41, 5.74) is 0. The van der Waals surface area contributed by atoms with Gasteiger partial charge in [0.25, 0.3) is 0 Å². The van der Waals surface area contributed by atoms with Crippen molar-refractivity contribution in [2.75, 3.05) is 39.6 Å². The van der Waals surface area contributed by atoms with Gasteiger partial charge in [0.15, 0.2) is 12.2 Å². The number of aliphatic hydroxyl groups is 1. The van der Waals surface area contributed by atoms with E-state index in [0.717, 1.165) is 173 Å². The van der Waals surface area contributed by atoms with E-state index in [9.17, 15) is 43.2 Å². The normalized spacial score (nSPS) is 14.3. The van der Waals surface area contributed by atoms with Gasteiger partial charge in [0.2, 0.25) is 0 Å². The average Bonchev–Trinajstić information content (AvgIpc) is 1.16. The van der Waals surface area contributed by atoms with Crippen LogP contribution in [0.2, 0.25) is 0 Å². The van der Waals surface area contributed by atoms with Crippen LogP contribution in [-0.4, -0.2) is 96.7 Å². The fourth-order valence-electron chi connectivity index (χ4n) is 10.9. The maximum absolute atomic E-state index is 13.1. The first kappa shape index (κ1) is 96.5. The molecular formula is C81H146O17P2. The third-order valence-electron chi connectivity index (χ3n) is 17.1. The zero-order valence-corrected chi connectivity index (χ0v) is 65.4. The lowest BCUT2D eigenvalue weighted by atomic mass is 10.1. The number of ether oxygens (including phenoxy) is 4. The second-order valence-electron chi connectivity index (χ2n) is 27.0. The number of phosphoric acid groups is 2. The van der Waals surface area contributed by atoms with Gasteiger partial charge >= 0.3 is 39.5 Å². The van der Waals surface area contributed by atoms with Crippen molar-refractivity contribution in [1.82, 2.24) is 0 Å². The topological polar surface area (TPSA) is 237 Å². The molecule has 0 heterocycles. The van der Waals surface area contributed by atoms with Gasteiger partial charge in [0.1, 0.15) is 19.3 Å². The predicted octanol–water partition coefficient (Wildman–Crippen LogP) is 23.2. The minimum Gasteiger partial charge on any atom is -0.462 e. The molecule has 0 bridgehead atoms. The largest absolute Gasteiger partial charge is 0.472 e. The third-order valence-corrected chi connectivity index (χ3v) is 19.0.